The zero-order valence-electron chi connectivity index (χ0n) is 17.2. The highest BCUT2D eigenvalue weighted by molar-refractivity contribution is 6.40. The minimum absolute atomic E-state index is 0.150. The quantitative estimate of drug-likeness (QED) is 0.197. The van der Waals surface area contributed by atoms with E-state index in [0.29, 0.717) is 4.57 Å². The number of nitrogens with one attached hydrogen (secondary N) is 1. The second-order valence-corrected chi connectivity index (χ2v) is 8.22. The van der Waals surface area contributed by atoms with Crippen LogP contribution in [0.1, 0.15) is 24.2 Å². The van der Waals surface area contributed by atoms with Crippen LogP contribution in [0.3, 0.4) is 0 Å². The van der Waals surface area contributed by atoms with E-state index in [1.165, 1.54) is 0 Å². The van der Waals surface area contributed by atoms with Crippen LogP contribution >= 0.6 is 0 Å². The van der Waals surface area contributed by atoms with E-state index < -0.39 is 57.9 Å². The zero-order chi connectivity index (χ0) is 23.2. The molecule has 1 aliphatic rings. The Morgan fingerprint density at radius 3 is 2.50 bits per heavy atom. The van der Waals surface area contributed by atoms with Gasteiger partial charge in [0.05, 0.1) is 5.56 Å². The van der Waals surface area contributed by atoms with Crippen molar-refractivity contribution < 1.29 is 33.7 Å². The molecule has 5 N–H and O–H groups in total. The first-order valence-corrected chi connectivity index (χ1v) is 9.17. The minimum Gasteiger partial charge on any atom is -0.471 e. The molecular weight excluding hydrogens is 402 g/mol. The number of hydrogen-bond donors (Lipinski definition) is 4. The van der Waals surface area contributed by atoms with Gasteiger partial charge in [0, 0.05) is 6.20 Å². The van der Waals surface area contributed by atoms with E-state index in [2.05, 4.69) is 0 Å². The standard InChI is InChI=1S/C15H23B3FN3O8/c1-5(2)7(20)11(27)29-15(17,18)13(19)8(24)9(25)14(16,30-13)22-3-6(4-23)10(26)21-12(22)28/h3-5,7-9,24-25H,16-18,20H2,1-2H3,(H,21,26,28)/t7-,8-,9+,13-,14-/m0/s1. The van der Waals surface area contributed by atoms with Crippen molar-refractivity contribution in [1.82, 2.24) is 9.55 Å². The van der Waals surface area contributed by atoms with Gasteiger partial charge in [-0.15, -0.1) is 0 Å². The van der Waals surface area contributed by atoms with Crippen molar-refractivity contribution in [3.8, 4) is 0 Å². The van der Waals surface area contributed by atoms with Crippen molar-refractivity contribution in [1.29, 1.82) is 0 Å². The molecule has 15 heteroatoms. The van der Waals surface area contributed by atoms with Gasteiger partial charge in [-0.3, -0.25) is 23.9 Å². The number of esters is 1. The van der Waals surface area contributed by atoms with Gasteiger partial charge >= 0.3 is 11.7 Å². The molecule has 1 aliphatic heterocycles. The third kappa shape index (κ3) is 3.66. The van der Waals surface area contributed by atoms with Crippen molar-refractivity contribution in [3.63, 3.8) is 0 Å². The molecule has 1 aromatic heterocycles. The number of nitrogens with two attached hydrogens (primary N) is 1. The Morgan fingerprint density at radius 2 is 2.00 bits per heavy atom. The molecular formula is C15H23B3FN3O8. The molecule has 30 heavy (non-hydrogen) atoms. The first-order chi connectivity index (χ1) is 13.6. The van der Waals surface area contributed by atoms with Crippen molar-refractivity contribution >= 4 is 35.8 Å². The Bertz CT molecular complexity index is 969. The van der Waals surface area contributed by atoms with E-state index in [-0.39, 0.29) is 12.2 Å². The molecule has 11 nitrogen and oxygen atoms in total. The number of aliphatic hydroxyl groups excluding tert-OH is 2. The number of aldehydes is 1. The predicted molar refractivity (Wildman–Crippen MR) is 109 cm³/mol. The van der Waals surface area contributed by atoms with Crippen LogP contribution in [0, 0.1) is 5.92 Å². The highest BCUT2D eigenvalue weighted by Crippen LogP contribution is 2.45. The third-order valence-electron chi connectivity index (χ3n) is 5.33. The number of carbonyl (C=O) groups is 2. The van der Waals surface area contributed by atoms with Crippen LogP contribution in [0.2, 0.25) is 0 Å². The smallest absolute Gasteiger partial charge is 0.330 e. The molecule has 2 rings (SSSR count). The van der Waals surface area contributed by atoms with Crippen molar-refractivity contribution in [2.45, 2.75) is 49.0 Å². The second kappa shape index (κ2) is 7.80. The average Bonchev–Trinajstić information content (AvgIpc) is 2.82. The van der Waals surface area contributed by atoms with E-state index in [1.54, 1.807) is 13.8 Å². The number of nitrogens with zero attached hydrogens (tertiary/aromatic N) is 1. The summed E-state index contributed by atoms with van der Waals surface area (Å²) in [5.74, 6) is -4.48. The maximum Gasteiger partial charge on any atom is 0.330 e. The summed E-state index contributed by atoms with van der Waals surface area (Å²) in [6.45, 7) is 3.30. The molecule has 0 radical (unpaired) electrons. The van der Waals surface area contributed by atoms with Gasteiger partial charge in [-0.05, 0) is 5.92 Å². The molecule has 1 aromatic rings. The molecule has 0 bridgehead atoms. The second-order valence-electron chi connectivity index (χ2n) is 8.22. The number of ether oxygens (including phenoxy) is 2. The Labute approximate surface area is 173 Å². The molecule has 0 amide bonds. The van der Waals surface area contributed by atoms with Gasteiger partial charge in [0.2, 0.25) is 0 Å². The molecule has 1 fully saturated rings. The molecule has 0 spiro atoms. The first-order valence-electron chi connectivity index (χ1n) is 9.17. The summed E-state index contributed by atoms with van der Waals surface area (Å²) < 4.78 is 27.0. The fourth-order valence-corrected chi connectivity index (χ4v) is 3.15. The molecule has 2 heterocycles. The Balaban J connectivity index is 2.51. The summed E-state index contributed by atoms with van der Waals surface area (Å²) in [4.78, 5) is 49.0. The average molecular weight is 425 g/mol. The lowest BCUT2D eigenvalue weighted by Crippen LogP contribution is -2.62. The third-order valence-corrected chi connectivity index (χ3v) is 5.33. The largest absolute Gasteiger partial charge is 0.471 e. The summed E-state index contributed by atoms with van der Waals surface area (Å²) >= 11 is 0. The van der Waals surface area contributed by atoms with Gasteiger partial charge in [-0.1, -0.05) is 13.8 Å². The topological polar surface area (TPSA) is 174 Å². The number of alkyl halides is 1. The maximum atomic E-state index is 15.9. The number of hydrogen-bond acceptors (Lipinski definition) is 9. The molecule has 5 atom stereocenters. The molecule has 0 saturated carbocycles. The van der Waals surface area contributed by atoms with Gasteiger partial charge in [-0.2, -0.15) is 0 Å². The van der Waals surface area contributed by atoms with Crippen molar-refractivity contribution in [2.75, 3.05) is 0 Å². The van der Waals surface area contributed by atoms with Gasteiger partial charge < -0.3 is 25.4 Å². The van der Waals surface area contributed by atoms with Crippen LogP contribution in [-0.4, -0.2) is 85.1 Å². The van der Waals surface area contributed by atoms with Crippen LogP contribution < -0.4 is 17.0 Å². The summed E-state index contributed by atoms with van der Waals surface area (Å²) in [6.07, 6.45) is -3.41. The van der Waals surface area contributed by atoms with Gasteiger partial charge in [0.15, 0.2) is 29.8 Å². The number of carbonyl (C=O) groups excluding carboxylic acids is 2. The number of halogens is 1. The fourth-order valence-electron chi connectivity index (χ4n) is 3.15. The van der Waals surface area contributed by atoms with Crippen LogP contribution in [0.5, 0.6) is 0 Å². The highest BCUT2D eigenvalue weighted by Gasteiger charge is 2.69. The Kier molecular flexibility index (Phi) is 6.25. The van der Waals surface area contributed by atoms with E-state index in [1.807, 2.05) is 4.98 Å². The number of rotatable bonds is 6. The molecule has 162 valence electrons. The van der Waals surface area contributed by atoms with Crippen molar-refractivity contribution in [3.05, 3.63) is 32.6 Å². The minimum atomic E-state index is -3.19. The Hall–Kier alpha value is -2.22. The van der Waals surface area contributed by atoms with Crippen LogP contribution in [-0.2, 0) is 19.9 Å². The molecule has 0 unspecified atom stereocenters. The van der Waals surface area contributed by atoms with Crippen LogP contribution in [0.15, 0.2) is 15.8 Å². The number of aliphatic hydroxyl groups is 2. The highest BCUT2D eigenvalue weighted by atomic mass is 19.2. The summed E-state index contributed by atoms with van der Waals surface area (Å²) in [5.41, 5.74) is 0.839. The lowest BCUT2D eigenvalue weighted by molar-refractivity contribution is -0.250. The van der Waals surface area contributed by atoms with Gasteiger partial charge in [0.25, 0.3) is 11.4 Å². The number of H-pyrrole nitrogens is 1. The van der Waals surface area contributed by atoms with Crippen LogP contribution in [0.25, 0.3) is 0 Å². The molecule has 0 aromatic carbocycles. The monoisotopic (exact) mass is 425 g/mol. The summed E-state index contributed by atoms with van der Waals surface area (Å²) in [7, 11) is 3.27. The lowest BCUT2D eigenvalue weighted by Gasteiger charge is -2.40. The molecule has 1 saturated heterocycles. The van der Waals surface area contributed by atoms with Crippen molar-refractivity contribution in [2.24, 2.45) is 11.7 Å². The summed E-state index contributed by atoms with van der Waals surface area (Å²) in [6, 6.07) is -1.08. The molecule has 0 aliphatic carbocycles. The summed E-state index contributed by atoms with van der Waals surface area (Å²) in [5, 5.41) is 18.8. The maximum absolute atomic E-state index is 15.9. The number of aromatic nitrogens is 2. The van der Waals surface area contributed by atoms with Gasteiger partial charge in [0.1, 0.15) is 29.3 Å². The Morgan fingerprint density at radius 1 is 1.43 bits per heavy atom. The fraction of sp³-hybridized carbons (Fsp3) is 0.600. The van der Waals surface area contributed by atoms with E-state index in [0.717, 1.165) is 29.7 Å². The number of aromatic amines is 1. The predicted octanol–water partition coefficient (Wildman–Crippen LogP) is -5.54. The van der Waals surface area contributed by atoms with Crippen LogP contribution in [0.4, 0.5) is 4.39 Å². The van der Waals surface area contributed by atoms with Gasteiger partial charge in [-0.25, -0.2) is 9.18 Å². The zero-order valence-corrected chi connectivity index (χ0v) is 17.2. The lowest BCUT2D eigenvalue weighted by atomic mass is 9.59. The SMILES string of the molecule is BC(B)(OC(=O)[C@@H](N)C(C)C)[C@@]1(F)O[C@@](B)(n2cc(C=O)c(=O)[nH]c2=O)[C@H](O)[C@@H]1O. The van der Waals surface area contributed by atoms with E-state index >= 15 is 4.39 Å². The van der Waals surface area contributed by atoms with E-state index in [9.17, 15) is 29.4 Å². The van der Waals surface area contributed by atoms with E-state index in [4.69, 9.17) is 15.2 Å². The normalized spacial score (nSPS) is 30.2. The first kappa shape index (κ1) is 24.1.